The molecule has 2 N–H and O–H groups in total. The Morgan fingerprint density at radius 2 is 1.87 bits per heavy atom. The predicted molar refractivity (Wildman–Crippen MR) is 86.0 cm³/mol. The summed E-state index contributed by atoms with van der Waals surface area (Å²) in [5, 5.41) is 5.59. The zero-order valence-corrected chi connectivity index (χ0v) is 12.4. The van der Waals surface area contributed by atoms with Crippen LogP contribution in [0.25, 0.3) is 0 Å². The van der Waals surface area contributed by atoms with Crippen molar-refractivity contribution in [2.24, 2.45) is 0 Å². The molecular weight excluding hydrogens is 297 g/mol. The fourth-order valence-electron chi connectivity index (χ4n) is 2.50. The standard InChI is InChI=1S/C17H16FN3O2/c18-13-7-5-12(6-8-13)17(23)20-14-3-1-2-4-15(14)21-10-9-19-16(22)11-21/h1-8H,9-11H2,(H,19,22)(H,20,23). The van der Waals surface area contributed by atoms with Crippen molar-refractivity contribution in [2.45, 2.75) is 0 Å². The molecule has 2 amide bonds. The maximum atomic E-state index is 12.9. The number of amides is 2. The summed E-state index contributed by atoms with van der Waals surface area (Å²) < 4.78 is 12.9. The predicted octanol–water partition coefficient (Wildman–Crippen LogP) is 2.01. The Labute approximate surface area is 133 Å². The van der Waals surface area contributed by atoms with Gasteiger partial charge in [-0.3, -0.25) is 9.59 Å². The van der Waals surface area contributed by atoms with Crippen LogP contribution in [0.1, 0.15) is 10.4 Å². The highest BCUT2D eigenvalue weighted by molar-refractivity contribution is 6.06. The van der Waals surface area contributed by atoms with E-state index in [1.54, 1.807) is 6.07 Å². The molecule has 6 heteroatoms. The zero-order valence-electron chi connectivity index (χ0n) is 12.4. The fraction of sp³-hybridized carbons (Fsp3) is 0.176. The Morgan fingerprint density at radius 3 is 2.61 bits per heavy atom. The number of nitrogens with one attached hydrogen (secondary N) is 2. The first-order valence-electron chi connectivity index (χ1n) is 7.31. The Hall–Kier alpha value is -2.89. The van der Waals surface area contributed by atoms with Crippen molar-refractivity contribution >= 4 is 23.2 Å². The molecule has 1 saturated heterocycles. The van der Waals surface area contributed by atoms with Crippen LogP contribution in [0.2, 0.25) is 0 Å². The van der Waals surface area contributed by atoms with Gasteiger partial charge in [-0.25, -0.2) is 4.39 Å². The number of piperazine rings is 1. The summed E-state index contributed by atoms with van der Waals surface area (Å²) in [5.41, 5.74) is 1.78. The molecule has 1 fully saturated rings. The van der Waals surface area contributed by atoms with E-state index in [1.807, 2.05) is 23.1 Å². The quantitative estimate of drug-likeness (QED) is 0.911. The summed E-state index contributed by atoms with van der Waals surface area (Å²) in [4.78, 5) is 25.8. The lowest BCUT2D eigenvalue weighted by Crippen LogP contribution is -2.47. The van der Waals surface area contributed by atoms with E-state index in [0.29, 0.717) is 24.3 Å². The van der Waals surface area contributed by atoms with Crippen LogP contribution in [-0.2, 0) is 4.79 Å². The monoisotopic (exact) mass is 313 g/mol. The second-order valence-corrected chi connectivity index (χ2v) is 5.25. The Morgan fingerprint density at radius 1 is 1.13 bits per heavy atom. The third-order valence-electron chi connectivity index (χ3n) is 3.64. The first kappa shape index (κ1) is 15.0. The van der Waals surface area contributed by atoms with Crippen molar-refractivity contribution in [1.82, 2.24) is 5.32 Å². The average Bonchev–Trinajstić information content (AvgIpc) is 2.56. The molecule has 3 rings (SSSR count). The van der Waals surface area contributed by atoms with E-state index in [-0.39, 0.29) is 24.2 Å². The van der Waals surface area contributed by atoms with Gasteiger partial charge in [0.2, 0.25) is 5.91 Å². The molecule has 1 heterocycles. The maximum Gasteiger partial charge on any atom is 0.255 e. The van der Waals surface area contributed by atoms with Gasteiger partial charge >= 0.3 is 0 Å². The molecule has 1 aliphatic rings. The number of nitrogens with zero attached hydrogens (tertiary/aromatic N) is 1. The minimum absolute atomic E-state index is 0.0454. The van der Waals surface area contributed by atoms with E-state index < -0.39 is 0 Å². The van der Waals surface area contributed by atoms with Gasteiger partial charge in [0.25, 0.3) is 5.91 Å². The molecule has 0 aliphatic carbocycles. The maximum absolute atomic E-state index is 12.9. The highest BCUT2D eigenvalue weighted by atomic mass is 19.1. The van der Waals surface area contributed by atoms with Gasteiger partial charge in [0, 0.05) is 18.7 Å². The second kappa shape index (κ2) is 6.48. The number of hydrogen-bond acceptors (Lipinski definition) is 3. The van der Waals surface area contributed by atoms with E-state index in [2.05, 4.69) is 10.6 Å². The molecule has 1 aliphatic heterocycles. The number of carbonyl (C=O) groups excluding carboxylic acids is 2. The van der Waals surface area contributed by atoms with Crippen LogP contribution in [0.15, 0.2) is 48.5 Å². The van der Waals surface area contributed by atoms with E-state index >= 15 is 0 Å². The number of anilines is 2. The molecule has 0 aromatic heterocycles. The van der Waals surface area contributed by atoms with Crippen LogP contribution in [0, 0.1) is 5.82 Å². The van der Waals surface area contributed by atoms with Crippen LogP contribution >= 0.6 is 0 Å². The van der Waals surface area contributed by atoms with E-state index in [1.165, 1.54) is 24.3 Å². The summed E-state index contributed by atoms with van der Waals surface area (Å²) in [6, 6.07) is 12.7. The summed E-state index contributed by atoms with van der Waals surface area (Å²) in [5.74, 6) is -0.754. The molecule has 0 radical (unpaired) electrons. The topological polar surface area (TPSA) is 61.4 Å². The smallest absolute Gasteiger partial charge is 0.255 e. The lowest BCUT2D eigenvalue weighted by Gasteiger charge is -2.30. The Balaban J connectivity index is 1.81. The number of benzene rings is 2. The number of halogens is 1. The third kappa shape index (κ3) is 3.48. The van der Waals surface area contributed by atoms with Gasteiger partial charge in [0.05, 0.1) is 17.9 Å². The lowest BCUT2D eigenvalue weighted by atomic mass is 10.2. The van der Waals surface area contributed by atoms with Gasteiger partial charge in [-0.2, -0.15) is 0 Å². The number of carbonyl (C=O) groups is 2. The molecular formula is C17H16FN3O2. The molecule has 23 heavy (non-hydrogen) atoms. The molecule has 5 nitrogen and oxygen atoms in total. The van der Waals surface area contributed by atoms with Crippen LogP contribution in [0.4, 0.5) is 15.8 Å². The van der Waals surface area contributed by atoms with E-state index in [9.17, 15) is 14.0 Å². The van der Waals surface area contributed by atoms with Gasteiger partial charge in [0.15, 0.2) is 0 Å². The van der Waals surface area contributed by atoms with Gasteiger partial charge < -0.3 is 15.5 Å². The SMILES string of the molecule is O=C1CN(c2ccccc2NC(=O)c2ccc(F)cc2)CCN1. The molecule has 0 saturated carbocycles. The largest absolute Gasteiger partial charge is 0.359 e. The highest BCUT2D eigenvalue weighted by Crippen LogP contribution is 2.26. The summed E-state index contributed by atoms with van der Waals surface area (Å²) in [6.07, 6.45) is 0. The summed E-state index contributed by atoms with van der Waals surface area (Å²) >= 11 is 0. The number of hydrogen-bond donors (Lipinski definition) is 2. The minimum atomic E-state index is -0.388. The van der Waals surface area contributed by atoms with Crippen molar-refractivity contribution in [2.75, 3.05) is 29.9 Å². The van der Waals surface area contributed by atoms with Gasteiger partial charge in [0.1, 0.15) is 5.82 Å². The van der Waals surface area contributed by atoms with E-state index in [0.717, 1.165) is 5.69 Å². The molecule has 118 valence electrons. The molecule has 0 spiro atoms. The van der Waals surface area contributed by atoms with Gasteiger partial charge in [-0.15, -0.1) is 0 Å². The highest BCUT2D eigenvalue weighted by Gasteiger charge is 2.19. The normalized spacial score (nSPS) is 14.3. The fourth-order valence-corrected chi connectivity index (χ4v) is 2.50. The first-order valence-corrected chi connectivity index (χ1v) is 7.31. The van der Waals surface area contributed by atoms with Crippen LogP contribution in [0.3, 0.4) is 0 Å². The molecule has 2 aromatic rings. The van der Waals surface area contributed by atoms with Crippen molar-refractivity contribution in [1.29, 1.82) is 0 Å². The van der Waals surface area contributed by atoms with Crippen molar-refractivity contribution < 1.29 is 14.0 Å². The van der Waals surface area contributed by atoms with Crippen LogP contribution < -0.4 is 15.5 Å². The average molecular weight is 313 g/mol. The minimum Gasteiger partial charge on any atom is -0.359 e. The Kier molecular flexibility index (Phi) is 4.23. The zero-order chi connectivity index (χ0) is 16.2. The van der Waals surface area contributed by atoms with Gasteiger partial charge in [-0.1, -0.05) is 12.1 Å². The van der Waals surface area contributed by atoms with Gasteiger partial charge in [-0.05, 0) is 36.4 Å². The van der Waals surface area contributed by atoms with E-state index in [4.69, 9.17) is 0 Å². The van der Waals surface area contributed by atoms with Crippen molar-refractivity contribution in [3.63, 3.8) is 0 Å². The third-order valence-corrected chi connectivity index (χ3v) is 3.64. The molecule has 2 aromatic carbocycles. The summed E-state index contributed by atoms with van der Waals surface area (Å²) in [6.45, 7) is 1.50. The molecule has 0 atom stereocenters. The molecule has 0 unspecified atom stereocenters. The van der Waals surface area contributed by atoms with Crippen LogP contribution in [0.5, 0.6) is 0 Å². The second-order valence-electron chi connectivity index (χ2n) is 5.25. The van der Waals surface area contributed by atoms with Crippen molar-refractivity contribution in [3.8, 4) is 0 Å². The number of rotatable bonds is 3. The lowest BCUT2D eigenvalue weighted by molar-refractivity contribution is -0.120. The van der Waals surface area contributed by atoms with Crippen molar-refractivity contribution in [3.05, 3.63) is 59.9 Å². The first-order chi connectivity index (χ1) is 11.1. The Bertz CT molecular complexity index is 731. The summed E-state index contributed by atoms with van der Waals surface area (Å²) in [7, 11) is 0. The number of para-hydroxylation sites is 2. The molecule has 0 bridgehead atoms. The van der Waals surface area contributed by atoms with Crippen LogP contribution in [-0.4, -0.2) is 31.4 Å².